The van der Waals surface area contributed by atoms with E-state index < -0.39 is 47.6 Å². The monoisotopic (exact) mass is 1660 g/mol. The van der Waals surface area contributed by atoms with Gasteiger partial charge >= 0.3 is 17.4 Å². The number of hydrogen-bond acceptors (Lipinski definition) is 29. The third-order valence-electron chi connectivity index (χ3n) is 15.2. The first kappa shape index (κ1) is 82.5. The maximum atomic E-state index is 12.6. The van der Waals surface area contributed by atoms with Crippen LogP contribution >= 0.6 is 46.3 Å². The fourth-order valence-electron chi connectivity index (χ4n) is 9.79. The van der Waals surface area contributed by atoms with Gasteiger partial charge in [0.1, 0.15) is 16.3 Å². The minimum atomic E-state index is -4.07. The molecule has 13 rings (SSSR count). The van der Waals surface area contributed by atoms with E-state index in [-0.39, 0.29) is 71.8 Å². The Hall–Kier alpha value is -12.0. The zero-order valence-electron chi connectivity index (χ0n) is 60.9. The van der Waals surface area contributed by atoms with Crippen LogP contribution in [0.4, 0.5) is 56.8 Å². The Morgan fingerprint density at radius 3 is 2.00 bits per heavy atom. The highest BCUT2D eigenvalue weighted by Gasteiger charge is 2.41. The maximum absolute atomic E-state index is 12.6. The lowest BCUT2D eigenvalue weighted by atomic mass is 9.91. The van der Waals surface area contributed by atoms with Crippen LogP contribution in [-0.2, 0) is 46.7 Å². The summed E-state index contributed by atoms with van der Waals surface area (Å²) in [5.74, 6) is 2.68. The van der Waals surface area contributed by atoms with Crippen molar-refractivity contribution in [3.8, 4) is 22.8 Å². The summed E-state index contributed by atoms with van der Waals surface area (Å²) in [5.41, 5.74) is 5.48. The van der Waals surface area contributed by atoms with Gasteiger partial charge in [-0.25, -0.2) is 50.1 Å². The molecule has 1 atom stereocenters. The molecule has 0 aliphatic carbocycles. The highest BCUT2D eigenvalue weighted by Crippen LogP contribution is 2.39. The van der Waals surface area contributed by atoms with Gasteiger partial charge in [-0.1, -0.05) is 168 Å². The number of benzene rings is 5. The number of rotatable bonds is 21. The van der Waals surface area contributed by atoms with Crippen LogP contribution in [-0.4, -0.2) is 132 Å². The largest absolute Gasteiger partial charge is 0.495 e. The summed E-state index contributed by atoms with van der Waals surface area (Å²) >= 11 is 15.0. The highest BCUT2D eigenvalue weighted by molar-refractivity contribution is 8.01. The lowest BCUT2D eigenvalue weighted by Crippen LogP contribution is -2.29. The Labute approximate surface area is 656 Å². The van der Waals surface area contributed by atoms with Crippen LogP contribution in [0.25, 0.3) is 38.1 Å². The Morgan fingerprint density at radius 1 is 0.732 bits per heavy atom. The topological polar surface area (TPSA) is 510 Å². The molecule has 1 amide bonds. The molecule has 1 aliphatic rings. The van der Waals surface area contributed by atoms with Crippen LogP contribution < -0.4 is 30.3 Å². The van der Waals surface area contributed by atoms with E-state index in [0.717, 1.165) is 50.7 Å². The number of nitrogens with zero attached hydrogens (tertiary/aromatic N) is 23. The van der Waals surface area contributed by atoms with E-state index in [2.05, 4.69) is 158 Å². The molecule has 0 spiro atoms. The summed E-state index contributed by atoms with van der Waals surface area (Å²) in [6, 6.07) is 28.6. The van der Waals surface area contributed by atoms with Gasteiger partial charge in [-0.05, 0) is 96.1 Å². The Bertz CT molecular complexity index is 6140. The smallest absolute Gasteiger partial charge is 0.366 e. The zero-order valence-corrected chi connectivity index (χ0v) is 66.5. The Kier molecular flexibility index (Phi) is 25.7. The van der Waals surface area contributed by atoms with Gasteiger partial charge in [0.25, 0.3) is 16.9 Å². The van der Waals surface area contributed by atoms with Crippen LogP contribution in [0.3, 0.4) is 0 Å². The van der Waals surface area contributed by atoms with Gasteiger partial charge in [0.05, 0.1) is 62.4 Å². The molecule has 39 nitrogen and oxygen atoms in total. The van der Waals surface area contributed by atoms with Crippen LogP contribution in [0.2, 0.25) is 10.0 Å². The van der Waals surface area contributed by atoms with Crippen molar-refractivity contribution in [2.24, 2.45) is 56.3 Å². The standard InChI is InChI=1S/C19H23N9O4S.C16H10Cl2N6O3S.C16H12N6O3S.C15H22N8S2/c1-6-12-15(21-24-19-20-16(10(2)3)26-32-19)18-23-22-17(28(18)25-12)11-7-8-14(31-4)13(9-11)27-33(5,29)30;1-20-15-14(16(25)24(23-15)9-5-3-2-4-6-9)22-21-12-7-11(18)13(8-10(12)17)28(19,26)27;1-18-15-14(16(23)22(21-15)12-5-3-2-4-6-12)20-19-11-7-9-13(10-8-11)26(17,24)25;1-7-24-14-20-19-13(25-14)18-17-9-10(15(4,5)6)21-23-12(9)16-11(22-23)8(2)3/h7-10,25,27H,6H2,1-5H3;2-8,14H,(H2,19,26,27);2-10,21H,(H2,17,24,25);8,21H,7H2,1-6H3. The predicted molar refractivity (Wildman–Crippen MR) is 419 cm³/mol. The number of para-hydroxylation sites is 2. The zero-order chi connectivity index (χ0) is 81.1. The Balaban J connectivity index is 0.000000159. The van der Waals surface area contributed by atoms with Crippen LogP contribution in [0, 0.1) is 13.1 Å². The molecule has 0 radical (unpaired) electrons. The van der Waals surface area contributed by atoms with Gasteiger partial charge in [0.15, 0.2) is 38.9 Å². The minimum absolute atomic E-state index is 0.00867. The summed E-state index contributed by atoms with van der Waals surface area (Å²) in [6.07, 6.45) is 1.69. The number of methoxy groups -OCH3 is 1. The van der Waals surface area contributed by atoms with Gasteiger partial charge < -0.3 is 18.9 Å². The molecule has 46 heteroatoms. The van der Waals surface area contributed by atoms with Gasteiger partial charge in [-0.3, -0.25) is 24.5 Å². The molecule has 8 N–H and O–H groups in total. The number of aryl methyl sites for hydroxylation is 1. The van der Waals surface area contributed by atoms with Gasteiger partial charge in [0, 0.05) is 22.8 Å². The number of halogens is 2. The molecule has 0 fully saturated rings. The summed E-state index contributed by atoms with van der Waals surface area (Å²) in [4.78, 5) is 40.0. The number of hydrogen-bond donors (Lipinski definition) is 6. The lowest BCUT2D eigenvalue weighted by molar-refractivity contribution is -0.117. The molecule has 8 heterocycles. The molecule has 1 aliphatic heterocycles. The number of H-pyrrole nitrogens is 3. The van der Waals surface area contributed by atoms with Crippen molar-refractivity contribution in [3.05, 3.63) is 182 Å². The molecule has 0 saturated carbocycles. The molecule has 12 aromatic rings. The van der Waals surface area contributed by atoms with Gasteiger partial charge in [-0.2, -0.15) is 34.8 Å². The van der Waals surface area contributed by atoms with Gasteiger partial charge in [-0.15, -0.1) is 45.8 Å². The molecule has 580 valence electrons. The van der Waals surface area contributed by atoms with Crippen molar-refractivity contribution < 1.29 is 39.3 Å². The van der Waals surface area contributed by atoms with Crippen molar-refractivity contribution in [1.29, 1.82) is 0 Å². The molecule has 5 aromatic carbocycles. The molecular weight excluding hydrogens is 1590 g/mol. The normalized spacial score (nSPS) is 13.5. The molecule has 112 heavy (non-hydrogen) atoms. The molecule has 0 saturated heterocycles. The first-order valence-electron chi connectivity index (χ1n) is 33.0. The fourth-order valence-corrected chi connectivity index (χ4v) is 13.8. The number of ether oxygens (including phenoxy) is 1. The van der Waals surface area contributed by atoms with Crippen molar-refractivity contribution in [2.75, 3.05) is 28.8 Å². The number of amidine groups is 1. The average molecular weight is 1660 g/mol. The average Bonchev–Trinajstić information content (AvgIpc) is 1.58. The second-order valence-electron chi connectivity index (χ2n) is 25.1. The number of hydrazone groups is 1. The number of carbonyl (C=O) groups excluding carboxylic acids is 1. The van der Waals surface area contributed by atoms with E-state index in [1.807, 2.05) is 20.8 Å². The highest BCUT2D eigenvalue weighted by atomic mass is 35.5. The third-order valence-corrected chi connectivity index (χ3v) is 20.2. The first-order chi connectivity index (χ1) is 53.1. The number of azo groups is 4. The van der Waals surface area contributed by atoms with Crippen LogP contribution in [0.1, 0.15) is 97.2 Å². The number of amides is 1. The number of nitrogens with two attached hydrogens (primary N) is 2. The Morgan fingerprint density at radius 2 is 1.40 bits per heavy atom. The number of primary sulfonamides is 2. The second-order valence-corrected chi connectivity index (χ2v) is 33.2. The van der Waals surface area contributed by atoms with E-state index in [9.17, 15) is 34.8 Å². The van der Waals surface area contributed by atoms with Crippen LogP contribution in [0.15, 0.2) is 185 Å². The summed E-state index contributed by atoms with van der Waals surface area (Å²) in [7, 11) is -9.92. The second kappa shape index (κ2) is 34.9. The number of aromatic amines is 3. The van der Waals surface area contributed by atoms with E-state index in [1.54, 1.807) is 99.8 Å². The number of sulfonamides is 3. The summed E-state index contributed by atoms with van der Waals surface area (Å²) in [6.45, 7) is 32.8. The summed E-state index contributed by atoms with van der Waals surface area (Å²) < 4.78 is 87.1. The number of nitrogens with one attached hydrogen (secondary N) is 4. The van der Waals surface area contributed by atoms with Gasteiger partial charge in [0.2, 0.25) is 47.4 Å². The van der Waals surface area contributed by atoms with Crippen LogP contribution in [0.5, 0.6) is 5.75 Å². The number of thioether (sulfide) groups is 1. The SMILES string of the molecule is CCSc1nnc(N=Nc2c(C(C)(C)C)[nH]n3nc(C(C)C)nc23)s1.CCc1[nH]n2c(-c3ccc(OC)c(NS(C)(=O)=O)c3)nnc2c1N=Nc1nc(C(C)C)no1.[C-]#[N+]C1=NN(c2ccccc2)C(=O)C1N=Nc1cc(Cl)c(S(N)(=O)=O)cc1Cl.[C-]#[N+]c1[nH]n(-c2ccccc2)c(=O)c1N=Nc1ccc(S(N)(=O)=O)cc1. The quantitative estimate of drug-likeness (QED) is 0.0221. The van der Waals surface area contributed by atoms with E-state index in [0.29, 0.717) is 74.2 Å². The number of carbonyl (C=O) groups is 1. The maximum Gasteiger partial charge on any atom is 0.366 e. The molecular formula is C66H67Cl2N29O10S5. The minimum Gasteiger partial charge on any atom is -0.495 e. The predicted octanol–water partition coefficient (Wildman–Crippen LogP) is 14.6. The molecule has 1 unspecified atom stereocenters. The van der Waals surface area contributed by atoms with E-state index in [4.69, 9.17) is 55.9 Å². The first-order valence-corrected chi connectivity index (χ1v) is 40.5. The lowest BCUT2D eigenvalue weighted by Gasteiger charge is -2.16. The number of aromatic nitrogens is 14. The fraction of sp³-hybridized carbons (Fsp3) is 0.258. The van der Waals surface area contributed by atoms with Crippen molar-refractivity contribution in [2.45, 2.75) is 106 Å². The summed E-state index contributed by atoms with van der Waals surface area (Å²) in [5, 5.41) is 82.1. The van der Waals surface area contributed by atoms with E-state index in [1.165, 1.54) is 47.4 Å². The molecule has 0 bridgehead atoms. The van der Waals surface area contributed by atoms with E-state index >= 15 is 0 Å². The third kappa shape index (κ3) is 19.8. The van der Waals surface area contributed by atoms with Crippen molar-refractivity contribution in [3.63, 3.8) is 0 Å². The van der Waals surface area contributed by atoms with Crippen molar-refractivity contribution in [1.82, 2.24) is 69.7 Å². The van der Waals surface area contributed by atoms with Crippen molar-refractivity contribution >= 4 is 156 Å². The number of fused-ring (bicyclic) bond motifs is 2. The molecule has 7 aromatic heterocycles. The number of anilines is 2.